The summed E-state index contributed by atoms with van der Waals surface area (Å²) in [5.74, 6) is 1.53. The van der Waals surface area contributed by atoms with Crippen LogP contribution >= 0.6 is 34.8 Å². The Hall–Kier alpha value is -2.07. The number of hydrogen-bond donors (Lipinski definition) is 1. The summed E-state index contributed by atoms with van der Waals surface area (Å²) in [5.41, 5.74) is 2.65. The van der Waals surface area contributed by atoms with Crippen LogP contribution in [0.4, 0.5) is 5.69 Å². The summed E-state index contributed by atoms with van der Waals surface area (Å²) in [7, 11) is 1.64. The van der Waals surface area contributed by atoms with Gasteiger partial charge in [0.2, 0.25) is 0 Å². The second-order valence-corrected chi connectivity index (χ2v) is 7.07. The molecular formula is C21H18Cl3NO2. The van der Waals surface area contributed by atoms with Crippen LogP contribution in [0.1, 0.15) is 11.1 Å². The molecule has 0 fully saturated rings. The average molecular weight is 423 g/mol. The van der Waals surface area contributed by atoms with Crippen molar-refractivity contribution in [2.45, 2.75) is 13.2 Å². The molecule has 0 bridgehead atoms. The quantitative estimate of drug-likeness (QED) is 0.452. The van der Waals surface area contributed by atoms with Crippen molar-refractivity contribution in [2.24, 2.45) is 0 Å². The Morgan fingerprint density at radius 3 is 2.26 bits per heavy atom. The van der Waals surface area contributed by atoms with Crippen LogP contribution in [-0.4, -0.2) is 7.11 Å². The number of halogens is 3. The standard InChI is InChI=1S/C21H18Cl3NO2/c1-26-17-8-6-16(7-9-17)25-12-14-11-15(22)5-10-21(14)27-13-18-19(23)3-2-4-20(18)24/h2-11,25H,12-13H2,1H3. The molecule has 0 atom stereocenters. The molecule has 0 aliphatic heterocycles. The number of rotatable bonds is 7. The molecule has 0 amide bonds. The number of methoxy groups -OCH3 is 1. The molecular weight excluding hydrogens is 405 g/mol. The zero-order chi connectivity index (χ0) is 19.2. The topological polar surface area (TPSA) is 30.5 Å². The second-order valence-electron chi connectivity index (χ2n) is 5.82. The Labute approximate surface area is 173 Å². The minimum Gasteiger partial charge on any atom is -0.497 e. The first kappa shape index (κ1) is 19.7. The van der Waals surface area contributed by atoms with E-state index in [-0.39, 0.29) is 6.61 Å². The minimum absolute atomic E-state index is 0.273. The number of hydrogen-bond acceptors (Lipinski definition) is 3. The van der Waals surface area contributed by atoms with Gasteiger partial charge in [-0.15, -0.1) is 0 Å². The van der Waals surface area contributed by atoms with E-state index in [9.17, 15) is 0 Å². The van der Waals surface area contributed by atoms with Crippen molar-refractivity contribution in [3.05, 3.63) is 86.9 Å². The maximum atomic E-state index is 6.22. The third kappa shape index (κ3) is 5.23. The van der Waals surface area contributed by atoms with Crippen LogP contribution in [0.25, 0.3) is 0 Å². The van der Waals surface area contributed by atoms with Crippen LogP contribution in [-0.2, 0) is 13.2 Å². The number of benzene rings is 3. The third-order valence-electron chi connectivity index (χ3n) is 4.03. The highest BCUT2D eigenvalue weighted by Gasteiger charge is 2.10. The molecule has 0 unspecified atom stereocenters. The Morgan fingerprint density at radius 1 is 0.889 bits per heavy atom. The van der Waals surface area contributed by atoms with E-state index in [4.69, 9.17) is 44.3 Å². The zero-order valence-corrected chi connectivity index (χ0v) is 16.9. The smallest absolute Gasteiger partial charge is 0.124 e. The summed E-state index contributed by atoms with van der Waals surface area (Å²) in [5, 5.41) is 5.15. The first-order valence-corrected chi connectivity index (χ1v) is 9.42. The Bertz CT molecular complexity index is 894. The van der Waals surface area contributed by atoms with Gasteiger partial charge in [0.15, 0.2) is 0 Å². The lowest BCUT2D eigenvalue weighted by Gasteiger charge is -2.15. The molecule has 3 nitrogen and oxygen atoms in total. The number of anilines is 1. The number of nitrogens with one attached hydrogen (secondary N) is 1. The van der Waals surface area contributed by atoms with Gasteiger partial charge in [0.05, 0.1) is 7.11 Å². The molecule has 0 spiro atoms. The highest BCUT2D eigenvalue weighted by atomic mass is 35.5. The van der Waals surface area contributed by atoms with Gasteiger partial charge in [0, 0.05) is 38.4 Å². The molecule has 1 N–H and O–H groups in total. The van der Waals surface area contributed by atoms with Gasteiger partial charge < -0.3 is 14.8 Å². The van der Waals surface area contributed by atoms with E-state index in [0.717, 1.165) is 28.3 Å². The summed E-state index contributed by atoms with van der Waals surface area (Å²) >= 11 is 18.6. The van der Waals surface area contributed by atoms with Gasteiger partial charge in [-0.25, -0.2) is 0 Å². The van der Waals surface area contributed by atoms with E-state index in [1.54, 1.807) is 31.4 Å². The Kier molecular flexibility index (Phi) is 6.73. The lowest BCUT2D eigenvalue weighted by atomic mass is 10.2. The van der Waals surface area contributed by atoms with E-state index >= 15 is 0 Å². The number of ether oxygens (including phenoxy) is 2. The molecule has 3 rings (SSSR count). The van der Waals surface area contributed by atoms with E-state index in [2.05, 4.69) is 5.32 Å². The van der Waals surface area contributed by atoms with Crippen LogP contribution in [0.5, 0.6) is 11.5 Å². The van der Waals surface area contributed by atoms with Crippen molar-refractivity contribution < 1.29 is 9.47 Å². The molecule has 0 saturated carbocycles. The highest BCUT2D eigenvalue weighted by molar-refractivity contribution is 6.36. The minimum atomic E-state index is 0.273. The molecule has 0 heterocycles. The summed E-state index contributed by atoms with van der Waals surface area (Å²) in [6.45, 7) is 0.828. The van der Waals surface area contributed by atoms with Crippen LogP contribution in [0.3, 0.4) is 0 Å². The SMILES string of the molecule is COc1ccc(NCc2cc(Cl)ccc2OCc2c(Cl)cccc2Cl)cc1. The largest absolute Gasteiger partial charge is 0.497 e. The molecule has 0 aromatic heterocycles. The van der Waals surface area contributed by atoms with E-state index in [0.29, 0.717) is 21.6 Å². The lowest BCUT2D eigenvalue weighted by molar-refractivity contribution is 0.303. The Morgan fingerprint density at radius 2 is 1.59 bits per heavy atom. The molecule has 27 heavy (non-hydrogen) atoms. The van der Waals surface area contributed by atoms with Crippen molar-refractivity contribution in [1.82, 2.24) is 0 Å². The van der Waals surface area contributed by atoms with Crippen LogP contribution < -0.4 is 14.8 Å². The molecule has 3 aromatic rings. The molecule has 0 saturated heterocycles. The van der Waals surface area contributed by atoms with Crippen molar-refractivity contribution in [3.8, 4) is 11.5 Å². The highest BCUT2D eigenvalue weighted by Crippen LogP contribution is 2.29. The average Bonchev–Trinajstić information content (AvgIpc) is 2.67. The lowest BCUT2D eigenvalue weighted by Crippen LogP contribution is -2.04. The maximum Gasteiger partial charge on any atom is 0.124 e. The van der Waals surface area contributed by atoms with E-state index in [1.807, 2.05) is 36.4 Å². The maximum absolute atomic E-state index is 6.22. The molecule has 0 aliphatic carbocycles. The fourth-order valence-electron chi connectivity index (χ4n) is 2.55. The third-order valence-corrected chi connectivity index (χ3v) is 4.97. The van der Waals surface area contributed by atoms with Crippen LogP contribution in [0.15, 0.2) is 60.7 Å². The summed E-state index contributed by atoms with van der Waals surface area (Å²) < 4.78 is 11.2. The van der Waals surface area contributed by atoms with Crippen molar-refractivity contribution >= 4 is 40.5 Å². The predicted octanol–water partition coefficient (Wildman–Crippen LogP) is 6.85. The van der Waals surface area contributed by atoms with E-state index in [1.165, 1.54) is 0 Å². The van der Waals surface area contributed by atoms with Gasteiger partial charge in [0.1, 0.15) is 18.1 Å². The van der Waals surface area contributed by atoms with Crippen molar-refractivity contribution in [1.29, 1.82) is 0 Å². The predicted molar refractivity (Wildman–Crippen MR) is 113 cm³/mol. The summed E-state index contributed by atoms with van der Waals surface area (Å²) in [6.07, 6.45) is 0. The molecule has 0 radical (unpaired) electrons. The normalized spacial score (nSPS) is 10.5. The molecule has 0 aliphatic rings. The van der Waals surface area contributed by atoms with Crippen molar-refractivity contribution in [3.63, 3.8) is 0 Å². The van der Waals surface area contributed by atoms with Crippen LogP contribution in [0, 0.1) is 0 Å². The molecule has 6 heteroatoms. The summed E-state index contributed by atoms with van der Waals surface area (Å²) in [4.78, 5) is 0. The summed E-state index contributed by atoms with van der Waals surface area (Å²) in [6, 6.07) is 18.6. The first-order chi connectivity index (χ1) is 13.1. The zero-order valence-electron chi connectivity index (χ0n) is 14.6. The van der Waals surface area contributed by atoms with Gasteiger partial charge >= 0.3 is 0 Å². The second kappa shape index (κ2) is 9.23. The fraction of sp³-hybridized carbons (Fsp3) is 0.143. The monoisotopic (exact) mass is 421 g/mol. The Balaban J connectivity index is 1.72. The van der Waals surface area contributed by atoms with Gasteiger partial charge in [0.25, 0.3) is 0 Å². The van der Waals surface area contributed by atoms with Gasteiger partial charge in [-0.1, -0.05) is 40.9 Å². The van der Waals surface area contributed by atoms with Gasteiger partial charge in [-0.2, -0.15) is 0 Å². The van der Waals surface area contributed by atoms with E-state index < -0.39 is 0 Å². The van der Waals surface area contributed by atoms with Gasteiger partial charge in [-0.05, 0) is 54.6 Å². The van der Waals surface area contributed by atoms with Crippen molar-refractivity contribution in [2.75, 3.05) is 12.4 Å². The van der Waals surface area contributed by atoms with Gasteiger partial charge in [-0.3, -0.25) is 0 Å². The fourth-order valence-corrected chi connectivity index (χ4v) is 3.25. The molecule has 140 valence electrons. The molecule has 3 aromatic carbocycles. The van der Waals surface area contributed by atoms with Crippen LogP contribution in [0.2, 0.25) is 15.1 Å². The first-order valence-electron chi connectivity index (χ1n) is 8.29.